The smallest absolute Gasteiger partial charge is 0.274 e. The van der Waals surface area contributed by atoms with E-state index in [0.717, 1.165) is 0 Å². The Morgan fingerprint density at radius 2 is 1.71 bits per heavy atom. The number of amides is 2. The lowest BCUT2D eigenvalue weighted by Gasteiger charge is -2.18. The van der Waals surface area contributed by atoms with E-state index in [1.165, 1.54) is 12.3 Å². The van der Waals surface area contributed by atoms with Crippen LogP contribution in [0.15, 0.2) is 36.5 Å². The number of hydrogen-bond donors (Lipinski definition) is 1. The number of hydrogen-bond acceptors (Lipinski definition) is 3. The van der Waals surface area contributed by atoms with Crippen molar-refractivity contribution in [2.24, 2.45) is 0 Å². The zero-order valence-corrected chi connectivity index (χ0v) is 14.9. The van der Waals surface area contributed by atoms with Crippen LogP contribution in [0.25, 0.3) is 0 Å². The maximum atomic E-state index is 12.4. The molecule has 126 valence electrons. The van der Waals surface area contributed by atoms with Gasteiger partial charge in [0.25, 0.3) is 11.8 Å². The van der Waals surface area contributed by atoms with E-state index in [2.05, 4.69) is 10.3 Å². The number of carbonyl (C=O) groups is 2. The molecule has 0 aliphatic carbocycles. The van der Waals surface area contributed by atoms with Crippen LogP contribution in [0.4, 0.5) is 5.69 Å². The highest BCUT2D eigenvalue weighted by Gasteiger charge is 2.16. The van der Waals surface area contributed by atoms with Crippen molar-refractivity contribution in [2.45, 2.75) is 13.8 Å². The van der Waals surface area contributed by atoms with Crippen LogP contribution in [-0.2, 0) is 0 Å². The van der Waals surface area contributed by atoms with Gasteiger partial charge in [0.2, 0.25) is 0 Å². The first-order valence-corrected chi connectivity index (χ1v) is 8.23. The third kappa shape index (κ3) is 4.46. The first-order valence-electron chi connectivity index (χ1n) is 7.47. The molecule has 1 heterocycles. The summed E-state index contributed by atoms with van der Waals surface area (Å²) in [5, 5.41) is 3.49. The number of rotatable bonds is 5. The summed E-state index contributed by atoms with van der Waals surface area (Å²) in [7, 11) is 0. The van der Waals surface area contributed by atoms with Gasteiger partial charge in [-0.3, -0.25) is 14.6 Å². The Hall–Kier alpha value is -2.11. The van der Waals surface area contributed by atoms with Gasteiger partial charge in [0.1, 0.15) is 5.69 Å². The molecule has 0 aliphatic rings. The summed E-state index contributed by atoms with van der Waals surface area (Å²) in [6.07, 6.45) is 1.44. The van der Waals surface area contributed by atoms with Crippen LogP contribution in [-0.4, -0.2) is 34.8 Å². The Morgan fingerprint density at radius 3 is 2.29 bits per heavy atom. The quantitative estimate of drug-likeness (QED) is 0.866. The molecule has 7 heteroatoms. The van der Waals surface area contributed by atoms with E-state index in [1.54, 1.807) is 29.2 Å². The van der Waals surface area contributed by atoms with Gasteiger partial charge in [-0.05, 0) is 44.2 Å². The van der Waals surface area contributed by atoms with Crippen LogP contribution in [0, 0.1) is 0 Å². The molecule has 0 aliphatic heterocycles. The van der Waals surface area contributed by atoms with E-state index in [4.69, 9.17) is 23.2 Å². The first kappa shape index (κ1) is 18.2. The van der Waals surface area contributed by atoms with Crippen molar-refractivity contribution in [3.63, 3.8) is 0 Å². The van der Waals surface area contributed by atoms with E-state index in [9.17, 15) is 9.59 Å². The average molecular weight is 366 g/mol. The topological polar surface area (TPSA) is 62.3 Å². The molecule has 0 fully saturated rings. The minimum atomic E-state index is -0.442. The standard InChI is InChI=1S/C17H17Cl2N3O2/c1-3-22(4-2)17(24)11-5-6-20-15(7-11)16(23)21-14-9-12(18)8-13(19)10-14/h5-10H,3-4H2,1-2H3,(H,21,23). The lowest BCUT2D eigenvalue weighted by molar-refractivity contribution is 0.0773. The number of benzene rings is 1. The van der Waals surface area contributed by atoms with Crippen LogP contribution < -0.4 is 5.32 Å². The van der Waals surface area contributed by atoms with E-state index in [0.29, 0.717) is 34.4 Å². The van der Waals surface area contributed by atoms with E-state index >= 15 is 0 Å². The van der Waals surface area contributed by atoms with Crippen molar-refractivity contribution in [2.75, 3.05) is 18.4 Å². The van der Waals surface area contributed by atoms with Gasteiger partial charge in [-0.25, -0.2) is 0 Å². The molecule has 2 rings (SSSR count). The summed E-state index contributed by atoms with van der Waals surface area (Å²) in [4.78, 5) is 30.4. The molecule has 0 bridgehead atoms. The van der Waals surface area contributed by atoms with Gasteiger partial charge in [-0.2, -0.15) is 0 Å². The summed E-state index contributed by atoms with van der Waals surface area (Å²) < 4.78 is 0. The van der Waals surface area contributed by atoms with Gasteiger partial charge in [0.05, 0.1) is 0 Å². The van der Waals surface area contributed by atoms with Gasteiger partial charge in [-0.1, -0.05) is 23.2 Å². The van der Waals surface area contributed by atoms with Crippen LogP contribution in [0.1, 0.15) is 34.7 Å². The molecule has 0 saturated heterocycles. The van der Waals surface area contributed by atoms with Crippen LogP contribution in [0.3, 0.4) is 0 Å². The fourth-order valence-electron chi connectivity index (χ4n) is 2.20. The summed E-state index contributed by atoms with van der Waals surface area (Å²) in [6.45, 7) is 5.00. The minimum absolute atomic E-state index is 0.137. The second kappa shape index (κ2) is 8.13. The Bertz CT molecular complexity index is 741. The van der Waals surface area contributed by atoms with Crippen molar-refractivity contribution < 1.29 is 9.59 Å². The second-order valence-electron chi connectivity index (χ2n) is 5.02. The summed E-state index contributed by atoms with van der Waals surface area (Å²) in [6, 6.07) is 7.79. The highest BCUT2D eigenvalue weighted by molar-refractivity contribution is 6.35. The summed E-state index contributed by atoms with van der Waals surface area (Å²) >= 11 is 11.8. The van der Waals surface area contributed by atoms with Crippen molar-refractivity contribution in [3.8, 4) is 0 Å². The lowest BCUT2D eigenvalue weighted by Crippen LogP contribution is -2.30. The second-order valence-corrected chi connectivity index (χ2v) is 5.89. The molecular weight excluding hydrogens is 349 g/mol. The normalized spacial score (nSPS) is 10.3. The highest BCUT2D eigenvalue weighted by Crippen LogP contribution is 2.22. The van der Waals surface area contributed by atoms with Crippen LogP contribution in [0.5, 0.6) is 0 Å². The van der Waals surface area contributed by atoms with Crippen molar-refractivity contribution in [3.05, 3.63) is 57.8 Å². The molecule has 1 aromatic carbocycles. The number of nitrogens with one attached hydrogen (secondary N) is 1. The number of pyridine rings is 1. The maximum Gasteiger partial charge on any atom is 0.274 e. The third-order valence-corrected chi connectivity index (χ3v) is 3.85. The molecule has 2 aromatic rings. The first-order chi connectivity index (χ1) is 11.4. The molecule has 0 saturated carbocycles. The van der Waals surface area contributed by atoms with Gasteiger partial charge >= 0.3 is 0 Å². The van der Waals surface area contributed by atoms with Crippen molar-refractivity contribution in [1.29, 1.82) is 0 Å². The van der Waals surface area contributed by atoms with Gasteiger partial charge in [0, 0.05) is 40.6 Å². The van der Waals surface area contributed by atoms with Crippen molar-refractivity contribution in [1.82, 2.24) is 9.88 Å². The zero-order chi connectivity index (χ0) is 17.7. The zero-order valence-electron chi connectivity index (χ0n) is 13.3. The molecule has 1 N–H and O–H groups in total. The average Bonchev–Trinajstić information content (AvgIpc) is 2.55. The molecule has 5 nitrogen and oxygen atoms in total. The summed E-state index contributed by atoms with van der Waals surface area (Å²) in [5.74, 6) is -0.579. The Kier molecular flexibility index (Phi) is 6.17. The molecule has 2 amide bonds. The van der Waals surface area contributed by atoms with E-state index in [-0.39, 0.29) is 11.6 Å². The third-order valence-electron chi connectivity index (χ3n) is 3.41. The number of nitrogens with zero attached hydrogens (tertiary/aromatic N) is 2. The number of aromatic nitrogens is 1. The van der Waals surface area contributed by atoms with Gasteiger partial charge < -0.3 is 10.2 Å². The highest BCUT2D eigenvalue weighted by atomic mass is 35.5. The van der Waals surface area contributed by atoms with E-state index < -0.39 is 5.91 Å². The van der Waals surface area contributed by atoms with E-state index in [1.807, 2.05) is 13.8 Å². The van der Waals surface area contributed by atoms with Crippen molar-refractivity contribution >= 4 is 40.7 Å². The Labute approximate surface area is 150 Å². The minimum Gasteiger partial charge on any atom is -0.339 e. The lowest BCUT2D eigenvalue weighted by atomic mass is 10.2. The number of anilines is 1. The monoisotopic (exact) mass is 365 g/mol. The maximum absolute atomic E-state index is 12.4. The Balaban J connectivity index is 2.21. The molecule has 24 heavy (non-hydrogen) atoms. The van der Waals surface area contributed by atoms with Gasteiger partial charge in [-0.15, -0.1) is 0 Å². The fraction of sp³-hybridized carbons (Fsp3) is 0.235. The number of carbonyl (C=O) groups excluding carboxylic acids is 2. The SMILES string of the molecule is CCN(CC)C(=O)c1ccnc(C(=O)Nc2cc(Cl)cc(Cl)c2)c1. The number of halogens is 2. The molecule has 0 radical (unpaired) electrons. The van der Waals surface area contributed by atoms with Gasteiger partial charge in [0.15, 0.2) is 0 Å². The molecular formula is C17H17Cl2N3O2. The largest absolute Gasteiger partial charge is 0.339 e. The fourth-order valence-corrected chi connectivity index (χ4v) is 2.73. The Morgan fingerprint density at radius 1 is 1.08 bits per heavy atom. The van der Waals surface area contributed by atoms with Crippen LogP contribution in [0.2, 0.25) is 10.0 Å². The predicted molar refractivity (Wildman–Crippen MR) is 95.9 cm³/mol. The predicted octanol–water partition coefficient (Wildman–Crippen LogP) is 4.12. The molecule has 0 atom stereocenters. The van der Waals surface area contributed by atoms with Crippen LogP contribution >= 0.6 is 23.2 Å². The summed E-state index contributed by atoms with van der Waals surface area (Å²) in [5.41, 5.74) is 1.02. The molecule has 0 spiro atoms. The molecule has 0 unspecified atom stereocenters. The molecule has 1 aromatic heterocycles.